The number of para-hydroxylation sites is 2. The van der Waals surface area contributed by atoms with Crippen molar-refractivity contribution in [2.24, 2.45) is 0 Å². The Labute approximate surface area is 113 Å². The molecular formula is C14H11FN2OS. The van der Waals surface area contributed by atoms with Crippen LogP contribution in [0.5, 0.6) is 0 Å². The number of anilines is 1. The lowest BCUT2D eigenvalue weighted by atomic mass is 10.3. The number of nitrogens with two attached hydrogens (primary N) is 1. The van der Waals surface area contributed by atoms with Crippen LogP contribution in [0.1, 0.15) is 5.89 Å². The fourth-order valence-corrected chi connectivity index (χ4v) is 2.59. The van der Waals surface area contributed by atoms with Crippen LogP contribution in [0, 0.1) is 5.82 Å². The van der Waals surface area contributed by atoms with Crippen molar-refractivity contribution >= 4 is 28.5 Å². The van der Waals surface area contributed by atoms with Crippen LogP contribution >= 0.6 is 11.8 Å². The molecule has 3 rings (SSSR count). The van der Waals surface area contributed by atoms with Crippen LogP contribution < -0.4 is 5.73 Å². The molecule has 0 fully saturated rings. The van der Waals surface area contributed by atoms with Crippen LogP contribution in [0.3, 0.4) is 0 Å². The number of nitrogens with zero attached hydrogens (tertiary/aromatic N) is 1. The van der Waals surface area contributed by atoms with Crippen LogP contribution in [0.4, 0.5) is 10.1 Å². The van der Waals surface area contributed by atoms with Crippen LogP contribution in [0.15, 0.2) is 51.8 Å². The lowest BCUT2D eigenvalue weighted by molar-refractivity contribution is 0.556. The molecule has 0 radical (unpaired) electrons. The molecule has 0 bridgehead atoms. The first kappa shape index (κ1) is 12.0. The average molecular weight is 274 g/mol. The summed E-state index contributed by atoms with van der Waals surface area (Å²) in [6, 6.07) is 11.9. The van der Waals surface area contributed by atoms with Crippen molar-refractivity contribution in [1.29, 1.82) is 0 Å². The molecule has 0 saturated heterocycles. The van der Waals surface area contributed by atoms with Gasteiger partial charge in [-0.2, -0.15) is 0 Å². The first-order chi connectivity index (χ1) is 9.22. The van der Waals surface area contributed by atoms with E-state index in [4.69, 9.17) is 10.2 Å². The molecule has 1 aromatic heterocycles. The Hall–Kier alpha value is -2.01. The maximum atomic E-state index is 13.1. The van der Waals surface area contributed by atoms with Gasteiger partial charge in [-0.05, 0) is 30.3 Å². The van der Waals surface area contributed by atoms with Crippen molar-refractivity contribution < 1.29 is 8.81 Å². The van der Waals surface area contributed by atoms with E-state index in [0.717, 1.165) is 11.1 Å². The highest BCUT2D eigenvalue weighted by Gasteiger charge is 2.07. The van der Waals surface area contributed by atoms with Gasteiger partial charge in [0.2, 0.25) is 5.89 Å². The van der Waals surface area contributed by atoms with Gasteiger partial charge in [-0.25, -0.2) is 9.37 Å². The third-order valence-corrected chi connectivity index (χ3v) is 3.72. The summed E-state index contributed by atoms with van der Waals surface area (Å²) < 4.78 is 18.7. The molecule has 5 heteroatoms. The molecule has 2 N–H and O–H groups in total. The van der Waals surface area contributed by atoms with Crippen LogP contribution in [-0.4, -0.2) is 4.98 Å². The Morgan fingerprint density at radius 3 is 2.89 bits per heavy atom. The van der Waals surface area contributed by atoms with Gasteiger partial charge in [0.25, 0.3) is 0 Å². The van der Waals surface area contributed by atoms with E-state index in [1.807, 2.05) is 24.3 Å². The molecule has 96 valence electrons. The van der Waals surface area contributed by atoms with Gasteiger partial charge in [-0.3, -0.25) is 0 Å². The molecule has 19 heavy (non-hydrogen) atoms. The number of hydrogen-bond acceptors (Lipinski definition) is 4. The molecule has 0 aliphatic carbocycles. The predicted molar refractivity (Wildman–Crippen MR) is 74.4 cm³/mol. The van der Waals surface area contributed by atoms with Gasteiger partial charge in [0, 0.05) is 10.6 Å². The van der Waals surface area contributed by atoms with Crippen molar-refractivity contribution in [3.05, 3.63) is 54.2 Å². The smallest absolute Gasteiger partial charge is 0.205 e. The van der Waals surface area contributed by atoms with Crippen LogP contribution in [0.2, 0.25) is 0 Å². The molecule has 0 spiro atoms. The van der Waals surface area contributed by atoms with Gasteiger partial charge < -0.3 is 10.2 Å². The van der Waals surface area contributed by atoms with Gasteiger partial charge in [0.1, 0.15) is 11.3 Å². The van der Waals surface area contributed by atoms with Gasteiger partial charge in [0.15, 0.2) is 5.58 Å². The normalized spacial score (nSPS) is 11.0. The topological polar surface area (TPSA) is 52.0 Å². The molecule has 2 aromatic carbocycles. The Kier molecular flexibility index (Phi) is 3.13. The number of benzene rings is 2. The quantitative estimate of drug-likeness (QED) is 0.582. The molecule has 0 aliphatic heterocycles. The highest BCUT2D eigenvalue weighted by atomic mass is 32.2. The van der Waals surface area contributed by atoms with Crippen LogP contribution in [0.25, 0.3) is 11.1 Å². The molecule has 0 unspecified atom stereocenters. The van der Waals surface area contributed by atoms with Crippen LogP contribution in [-0.2, 0) is 5.75 Å². The number of halogens is 1. The molecule has 0 aliphatic rings. The zero-order chi connectivity index (χ0) is 13.2. The Bertz CT molecular complexity index is 693. The predicted octanol–water partition coefficient (Wildman–Crippen LogP) is 3.84. The zero-order valence-electron chi connectivity index (χ0n) is 9.97. The SMILES string of the molecule is Nc1ccc(F)cc1SCc1nc2ccccc2o1. The minimum atomic E-state index is -0.297. The maximum absolute atomic E-state index is 13.1. The average Bonchev–Trinajstić information content (AvgIpc) is 2.82. The van der Waals surface area contributed by atoms with E-state index in [2.05, 4.69) is 4.98 Å². The summed E-state index contributed by atoms with van der Waals surface area (Å²) in [5, 5.41) is 0. The second kappa shape index (κ2) is 4.93. The minimum absolute atomic E-state index is 0.297. The van der Waals surface area contributed by atoms with Crippen molar-refractivity contribution in [3.8, 4) is 0 Å². The van der Waals surface area contributed by atoms with E-state index in [0.29, 0.717) is 22.2 Å². The highest BCUT2D eigenvalue weighted by Crippen LogP contribution is 2.29. The highest BCUT2D eigenvalue weighted by molar-refractivity contribution is 7.98. The third-order valence-electron chi connectivity index (χ3n) is 2.66. The second-order valence-corrected chi connectivity index (χ2v) is 5.06. The zero-order valence-corrected chi connectivity index (χ0v) is 10.8. The van der Waals surface area contributed by atoms with Gasteiger partial charge in [-0.15, -0.1) is 11.8 Å². The number of hydrogen-bond donors (Lipinski definition) is 1. The van der Waals surface area contributed by atoms with E-state index >= 15 is 0 Å². The summed E-state index contributed by atoms with van der Waals surface area (Å²) in [6.45, 7) is 0. The molecular weight excluding hydrogens is 263 g/mol. The van der Waals surface area contributed by atoms with Crippen molar-refractivity contribution in [2.45, 2.75) is 10.6 Å². The summed E-state index contributed by atoms with van der Waals surface area (Å²) in [5.41, 5.74) is 7.93. The Balaban J connectivity index is 1.80. The van der Waals surface area contributed by atoms with Crippen molar-refractivity contribution in [3.63, 3.8) is 0 Å². The first-order valence-corrected chi connectivity index (χ1v) is 6.73. The number of thioether (sulfide) groups is 1. The number of nitrogen functional groups attached to an aromatic ring is 1. The lowest BCUT2D eigenvalue weighted by Crippen LogP contribution is -1.90. The van der Waals surface area contributed by atoms with E-state index in [1.165, 1.54) is 23.9 Å². The maximum Gasteiger partial charge on any atom is 0.205 e. The van der Waals surface area contributed by atoms with Crippen molar-refractivity contribution in [1.82, 2.24) is 4.98 Å². The van der Waals surface area contributed by atoms with Gasteiger partial charge in [0.05, 0.1) is 5.75 Å². The standard InChI is InChI=1S/C14H11FN2OS/c15-9-5-6-10(16)13(7-9)19-8-14-17-11-3-1-2-4-12(11)18-14/h1-7H,8,16H2. The van der Waals surface area contributed by atoms with E-state index < -0.39 is 0 Å². The summed E-state index contributed by atoms with van der Waals surface area (Å²) >= 11 is 1.41. The first-order valence-electron chi connectivity index (χ1n) is 5.74. The van der Waals surface area contributed by atoms with E-state index in [-0.39, 0.29) is 5.82 Å². The number of aromatic nitrogens is 1. The monoisotopic (exact) mass is 274 g/mol. The molecule has 3 nitrogen and oxygen atoms in total. The Morgan fingerprint density at radius 1 is 1.21 bits per heavy atom. The molecule has 0 amide bonds. The fourth-order valence-electron chi connectivity index (χ4n) is 1.75. The van der Waals surface area contributed by atoms with E-state index in [1.54, 1.807) is 6.07 Å². The summed E-state index contributed by atoms with van der Waals surface area (Å²) in [4.78, 5) is 5.05. The fraction of sp³-hybridized carbons (Fsp3) is 0.0714. The molecule has 0 saturated carbocycles. The lowest BCUT2D eigenvalue weighted by Gasteiger charge is -2.03. The van der Waals surface area contributed by atoms with E-state index in [9.17, 15) is 4.39 Å². The molecule has 3 aromatic rings. The molecule has 1 heterocycles. The Morgan fingerprint density at radius 2 is 2.05 bits per heavy atom. The third kappa shape index (κ3) is 2.56. The largest absolute Gasteiger partial charge is 0.440 e. The van der Waals surface area contributed by atoms with Crippen molar-refractivity contribution in [2.75, 3.05) is 5.73 Å². The minimum Gasteiger partial charge on any atom is -0.440 e. The molecule has 0 atom stereocenters. The van der Waals surface area contributed by atoms with Gasteiger partial charge in [-0.1, -0.05) is 12.1 Å². The second-order valence-electron chi connectivity index (χ2n) is 4.05. The number of rotatable bonds is 3. The summed E-state index contributed by atoms with van der Waals surface area (Å²) in [5.74, 6) is 0.826. The van der Waals surface area contributed by atoms with Gasteiger partial charge >= 0.3 is 0 Å². The number of oxazole rings is 1. The summed E-state index contributed by atoms with van der Waals surface area (Å²) in [7, 11) is 0. The number of fused-ring (bicyclic) bond motifs is 1. The summed E-state index contributed by atoms with van der Waals surface area (Å²) in [6.07, 6.45) is 0.